The molecule has 0 aliphatic carbocycles. The number of nitrogens with one attached hydrogen (secondary N) is 2. The molecule has 140 valence electrons. The van der Waals surface area contributed by atoms with E-state index in [1.54, 1.807) is 11.7 Å². The highest BCUT2D eigenvalue weighted by atomic mass is 16.2. The van der Waals surface area contributed by atoms with Crippen LogP contribution in [0, 0.1) is 0 Å². The summed E-state index contributed by atoms with van der Waals surface area (Å²) in [6.07, 6.45) is 5.37. The molecule has 0 saturated carbocycles. The fraction of sp³-hybridized carbons (Fsp3) is 0.350. The van der Waals surface area contributed by atoms with Gasteiger partial charge in [0.1, 0.15) is 11.2 Å². The van der Waals surface area contributed by atoms with Crippen LogP contribution in [0.25, 0.3) is 11.0 Å². The van der Waals surface area contributed by atoms with Gasteiger partial charge in [0.15, 0.2) is 0 Å². The molecule has 2 N–H and O–H groups in total. The van der Waals surface area contributed by atoms with Crippen molar-refractivity contribution in [2.75, 3.05) is 18.0 Å². The smallest absolute Gasteiger partial charge is 0.257 e. The van der Waals surface area contributed by atoms with Gasteiger partial charge in [0.2, 0.25) is 5.43 Å². The van der Waals surface area contributed by atoms with Gasteiger partial charge in [-0.05, 0) is 37.5 Å². The average molecular weight is 365 g/mol. The van der Waals surface area contributed by atoms with E-state index >= 15 is 0 Å². The van der Waals surface area contributed by atoms with E-state index < -0.39 is 0 Å². The van der Waals surface area contributed by atoms with Crippen molar-refractivity contribution in [3.05, 3.63) is 58.0 Å². The van der Waals surface area contributed by atoms with Gasteiger partial charge in [-0.25, -0.2) is 0 Å². The number of anilines is 1. The second-order valence-corrected chi connectivity index (χ2v) is 7.05. The summed E-state index contributed by atoms with van der Waals surface area (Å²) in [5.41, 5.74) is 2.58. The summed E-state index contributed by atoms with van der Waals surface area (Å²) in [7, 11) is 1.74. The first-order valence-corrected chi connectivity index (χ1v) is 9.24. The zero-order chi connectivity index (χ0) is 19.0. The Morgan fingerprint density at radius 1 is 1.30 bits per heavy atom. The molecule has 1 aromatic carbocycles. The van der Waals surface area contributed by atoms with Crippen LogP contribution in [0.1, 0.15) is 41.7 Å². The van der Waals surface area contributed by atoms with Crippen LogP contribution in [0.2, 0.25) is 0 Å². The molecule has 0 radical (unpaired) electrons. The Morgan fingerprint density at radius 3 is 2.85 bits per heavy atom. The Labute approximate surface area is 157 Å². The van der Waals surface area contributed by atoms with Gasteiger partial charge in [-0.2, -0.15) is 5.10 Å². The molecule has 4 rings (SSSR count). The number of H-pyrrole nitrogens is 1. The first-order chi connectivity index (χ1) is 13.0. The third-order valence-electron chi connectivity index (χ3n) is 5.21. The van der Waals surface area contributed by atoms with Gasteiger partial charge in [0, 0.05) is 32.0 Å². The number of benzene rings is 1. The Morgan fingerprint density at radius 2 is 2.07 bits per heavy atom. The SMILES string of the molecule is C[C@H](NC(=O)c1c[nH]c2c(cnn2C)c1=O)c1cccc(N2CCCC2)c1. The molecule has 0 bridgehead atoms. The van der Waals surface area contributed by atoms with Gasteiger partial charge in [0.05, 0.1) is 17.6 Å². The summed E-state index contributed by atoms with van der Waals surface area (Å²) in [5.74, 6) is -0.388. The number of aryl methyl sites for hydroxylation is 1. The molecular weight excluding hydrogens is 342 g/mol. The van der Waals surface area contributed by atoms with E-state index in [4.69, 9.17) is 0 Å². The molecular formula is C20H23N5O2. The molecule has 1 saturated heterocycles. The van der Waals surface area contributed by atoms with Crippen LogP contribution in [0.15, 0.2) is 41.5 Å². The minimum absolute atomic E-state index is 0.0954. The third kappa shape index (κ3) is 3.20. The molecule has 2 aromatic heterocycles. The summed E-state index contributed by atoms with van der Waals surface area (Å²) >= 11 is 0. The summed E-state index contributed by atoms with van der Waals surface area (Å²) in [6, 6.07) is 8.03. The Bertz CT molecular complexity index is 1050. The average Bonchev–Trinajstić information content (AvgIpc) is 3.33. The number of pyridine rings is 1. The van der Waals surface area contributed by atoms with Gasteiger partial charge >= 0.3 is 0 Å². The minimum atomic E-state index is -0.388. The van der Waals surface area contributed by atoms with Crippen molar-refractivity contribution in [1.29, 1.82) is 0 Å². The number of aromatic amines is 1. The van der Waals surface area contributed by atoms with Crippen LogP contribution in [0.5, 0.6) is 0 Å². The lowest BCUT2D eigenvalue weighted by Gasteiger charge is -2.20. The molecule has 0 unspecified atom stereocenters. The van der Waals surface area contributed by atoms with Crippen LogP contribution in [0.4, 0.5) is 5.69 Å². The molecule has 0 spiro atoms. The number of rotatable bonds is 4. The standard InChI is InChI=1S/C20H23N5O2/c1-13(14-6-5-7-15(10-14)25-8-3-4-9-25)23-20(27)17-11-21-19-16(18(17)26)12-22-24(19)2/h5-7,10-13H,3-4,8-9H2,1-2H3,(H,21,26)(H,23,27)/t13-/m0/s1. The number of nitrogens with zero attached hydrogens (tertiary/aromatic N) is 3. The van der Waals surface area contributed by atoms with Crippen molar-refractivity contribution in [3.8, 4) is 0 Å². The zero-order valence-corrected chi connectivity index (χ0v) is 15.5. The number of hydrogen-bond donors (Lipinski definition) is 2. The Kier molecular flexibility index (Phi) is 4.43. The molecule has 27 heavy (non-hydrogen) atoms. The fourth-order valence-electron chi connectivity index (χ4n) is 3.62. The van der Waals surface area contributed by atoms with Crippen molar-refractivity contribution in [3.63, 3.8) is 0 Å². The van der Waals surface area contributed by atoms with Crippen molar-refractivity contribution < 1.29 is 4.79 Å². The molecule has 3 heterocycles. The zero-order valence-electron chi connectivity index (χ0n) is 15.5. The van der Waals surface area contributed by atoms with E-state index in [-0.39, 0.29) is 22.9 Å². The lowest BCUT2D eigenvalue weighted by molar-refractivity contribution is 0.0938. The summed E-state index contributed by atoms with van der Waals surface area (Å²) < 4.78 is 1.57. The van der Waals surface area contributed by atoms with E-state index in [1.807, 2.05) is 19.1 Å². The van der Waals surface area contributed by atoms with Crippen molar-refractivity contribution in [1.82, 2.24) is 20.1 Å². The molecule has 1 aliphatic heterocycles. The highest BCUT2D eigenvalue weighted by Crippen LogP contribution is 2.24. The molecule has 1 fully saturated rings. The van der Waals surface area contributed by atoms with Gasteiger partial charge in [-0.15, -0.1) is 0 Å². The maximum absolute atomic E-state index is 12.7. The number of carbonyl (C=O) groups excluding carboxylic acids is 1. The summed E-state index contributed by atoms with van der Waals surface area (Å²) in [6.45, 7) is 4.08. The maximum Gasteiger partial charge on any atom is 0.257 e. The topological polar surface area (TPSA) is 83.0 Å². The molecule has 1 atom stereocenters. The highest BCUT2D eigenvalue weighted by molar-refractivity contribution is 5.96. The second-order valence-electron chi connectivity index (χ2n) is 7.05. The van der Waals surface area contributed by atoms with Crippen LogP contribution in [-0.4, -0.2) is 33.8 Å². The molecule has 3 aromatic rings. The van der Waals surface area contributed by atoms with Gasteiger partial charge < -0.3 is 15.2 Å². The third-order valence-corrected chi connectivity index (χ3v) is 5.21. The van der Waals surface area contributed by atoms with Crippen LogP contribution in [0.3, 0.4) is 0 Å². The number of hydrogen-bond acceptors (Lipinski definition) is 4. The van der Waals surface area contributed by atoms with Gasteiger partial charge in [0.25, 0.3) is 5.91 Å². The van der Waals surface area contributed by atoms with E-state index in [2.05, 4.69) is 32.4 Å². The fourth-order valence-corrected chi connectivity index (χ4v) is 3.62. The molecule has 7 heteroatoms. The summed E-state index contributed by atoms with van der Waals surface area (Å²) in [4.78, 5) is 30.6. The number of amides is 1. The van der Waals surface area contributed by atoms with Crippen molar-refractivity contribution in [2.45, 2.75) is 25.8 Å². The van der Waals surface area contributed by atoms with Crippen molar-refractivity contribution >= 4 is 22.6 Å². The van der Waals surface area contributed by atoms with Crippen LogP contribution < -0.4 is 15.6 Å². The lowest BCUT2D eigenvalue weighted by Crippen LogP contribution is -2.31. The largest absolute Gasteiger partial charge is 0.372 e. The lowest BCUT2D eigenvalue weighted by atomic mass is 10.1. The highest BCUT2D eigenvalue weighted by Gasteiger charge is 2.18. The summed E-state index contributed by atoms with van der Waals surface area (Å²) in [5, 5.41) is 7.41. The maximum atomic E-state index is 12.7. The predicted octanol–water partition coefficient (Wildman–Crippen LogP) is 2.35. The Balaban J connectivity index is 1.55. The van der Waals surface area contributed by atoms with E-state index in [9.17, 15) is 9.59 Å². The van der Waals surface area contributed by atoms with E-state index in [0.29, 0.717) is 11.0 Å². The molecule has 1 amide bonds. The predicted molar refractivity (Wildman–Crippen MR) is 105 cm³/mol. The van der Waals surface area contributed by atoms with Gasteiger partial charge in [-0.3, -0.25) is 14.3 Å². The van der Waals surface area contributed by atoms with E-state index in [0.717, 1.165) is 18.7 Å². The number of aromatic nitrogens is 3. The number of carbonyl (C=O) groups is 1. The van der Waals surface area contributed by atoms with Crippen LogP contribution >= 0.6 is 0 Å². The van der Waals surface area contributed by atoms with Crippen molar-refractivity contribution in [2.24, 2.45) is 7.05 Å². The first kappa shape index (κ1) is 17.3. The quantitative estimate of drug-likeness (QED) is 0.743. The normalized spacial score (nSPS) is 15.3. The monoisotopic (exact) mass is 365 g/mol. The number of fused-ring (bicyclic) bond motifs is 1. The molecule has 7 nitrogen and oxygen atoms in total. The first-order valence-electron chi connectivity index (χ1n) is 9.24. The minimum Gasteiger partial charge on any atom is -0.372 e. The van der Waals surface area contributed by atoms with Gasteiger partial charge in [-0.1, -0.05) is 12.1 Å². The van der Waals surface area contributed by atoms with Crippen LogP contribution in [-0.2, 0) is 7.05 Å². The second kappa shape index (κ2) is 6.90. The Hall–Kier alpha value is -3.09. The van der Waals surface area contributed by atoms with E-state index in [1.165, 1.54) is 30.9 Å². The molecule has 1 aliphatic rings.